The van der Waals surface area contributed by atoms with Crippen molar-refractivity contribution in [1.82, 2.24) is 10.2 Å². The number of amides is 2. The molecule has 2 aliphatic rings. The van der Waals surface area contributed by atoms with Gasteiger partial charge < -0.3 is 15.0 Å². The number of nitrogens with zero attached hydrogens (tertiary/aromatic N) is 2. The topological polar surface area (TPSA) is 99.5 Å². The van der Waals surface area contributed by atoms with E-state index in [1.165, 1.54) is 12.7 Å². The summed E-state index contributed by atoms with van der Waals surface area (Å²) >= 11 is 4.52. The molecule has 7 nitrogen and oxygen atoms in total. The fourth-order valence-electron chi connectivity index (χ4n) is 4.31. The zero-order valence-corrected chi connectivity index (χ0v) is 20.8. The number of fused-ring (bicyclic) bond motifs is 1. The Morgan fingerprint density at radius 2 is 2.00 bits per heavy atom. The summed E-state index contributed by atoms with van der Waals surface area (Å²) in [6.45, 7) is 1.16. The number of hydrogen-bond acceptors (Lipinski definition) is 6. The number of benzene rings is 2. The smallest absolute Gasteiger partial charge is 0.319 e. The molecule has 34 heavy (non-hydrogen) atoms. The highest BCUT2D eigenvalue weighted by atomic mass is 79.9. The van der Waals surface area contributed by atoms with Gasteiger partial charge in [-0.3, -0.25) is 14.4 Å². The molecule has 0 spiro atoms. The first-order valence-electron chi connectivity index (χ1n) is 10.7. The quantitative estimate of drug-likeness (QED) is 0.461. The number of methoxy groups -OCH3 is 1. The van der Waals surface area contributed by atoms with Gasteiger partial charge in [-0.25, -0.2) is 0 Å². The minimum Gasteiger partial charge on any atom is -0.468 e. The van der Waals surface area contributed by atoms with Crippen molar-refractivity contribution in [2.24, 2.45) is 5.92 Å². The third kappa shape index (κ3) is 4.88. The van der Waals surface area contributed by atoms with Gasteiger partial charge in [-0.05, 0) is 35.2 Å². The summed E-state index contributed by atoms with van der Waals surface area (Å²) in [5.74, 6) is -3.31. The molecule has 0 fully saturated rings. The van der Waals surface area contributed by atoms with E-state index in [1.807, 2.05) is 24.3 Å². The largest absolute Gasteiger partial charge is 0.468 e. The van der Waals surface area contributed by atoms with Gasteiger partial charge in [0.25, 0.3) is 0 Å². The van der Waals surface area contributed by atoms with Crippen molar-refractivity contribution in [1.29, 1.82) is 5.26 Å². The maximum atomic E-state index is 12.9. The van der Waals surface area contributed by atoms with Gasteiger partial charge in [-0.2, -0.15) is 5.26 Å². The molecule has 0 aliphatic carbocycles. The number of carbonyl (C=O) groups is 3. The molecule has 2 aromatic carbocycles. The van der Waals surface area contributed by atoms with Gasteiger partial charge in [0.05, 0.1) is 29.5 Å². The van der Waals surface area contributed by atoms with Crippen LogP contribution in [0.25, 0.3) is 0 Å². The molecule has 0 saturated carbocycles. The number of allylic oxidation sites excluding steroid dienone is 1. The van der Waals surface area contributed by atoms with Crippen molar-refractivity contribution in [2.45, 2.75) is 18.9 Å². The number of esters is 1. The van der Waals surface area contributed by atoms with Crippen LogP contribution in [0.1, 0.15) is 22.6 Å². The maximum Gasteiger partial charge on any atom is 0.319 e. The number of rotatable bonds is 5. The van der Waals surface area contributed by atoms with Crippen LogP contribution in [-0.2, 0) is 32.1 Å². The highest BCUT2D eigenvalue weighted by Crippen LogP contribution is 2.40. The number of nitrogens with one attached hydrogen (secondary N) is 1. The van der Waals surface area contributed by atoms with Crippen LogP contribution in [0, 0.1) is 17.2 Å². The van der Waals surface area contributed by atoms with Crippen LogP contribution in [-0.4, -0.2) is 42.1 Å². The van der Waals surface area contributed by atoms with Gasteiger partial charge in [0, 0.05) is 23.5 Å². The summed E-state index contributed by atoms with van der Waals surface area (Å²) in [6, 6.07) is 17.4. The van der Waals surface area contributed by atoms with Gasteiger partial charge in [0.15, 0.2) is 0 Å². The van der Waals surface area contributed by atoms with Gasteiger partial charge in [0.1, 0.15) is 5.92 Å². The van der Waals surface area contributed by atoms with E-state index in [0.29, 0.717) is 23.7 Å². The maximum absolute atomic E-state index is 12.9. The van der Waals surface area contributed by atoms with Crippen molar-refractivity contribution in [3.05, 3.63) is 80.3 Å². The number of thioether (sulfide) groups is 1. The van der Waals surface area contributed by atoms with Crippen molar-refractivity contribution in [3.63, 3.8) is 0 Å². The summed E-state index contributed by atoms with van der Waals surface area (Å²) in [6.07, 6.45) is 0.793. The minimum atomic E-state index is -1.20. The lowest BCUT2D eigenvalue weighted by molar-refractivity contribution is -0.150. The zero-order valence-electron chi connectivity index (χ0n) is 18.4. The normalized spacial score (nSPS) is 19.7. The summed E-state index contributed by atoms with van der Waals surface area (Å²) in [4.78, 5) is 40.2. The Bertz CT molecular complexity index is 1220. The first-order valence-corrected chi connectivity index (χ1v) is 12.5. The third-order valence-corrected chi connectivity index (χ3v) is 7.51. The van der Waals surface area contributed by atoms with Crippen LogP contribution < -0.4 is 5.32 Å². The number of hydrogen-bond donors (Lipinski definition) is 1. The number of halogens is 1. The second kappa shape index (κ2) is 10.5. The van der Waals surface area contributed by atoms with E-state index in [1.54, 1.807) is 23.1 Å². The van der Waals surface area contributed by atoms with Gasteiger partial charge >= 0.3 is 5.97 Å². The molecule has 0 unspecified atom stereocenters. The highest BCUT2D eigenvalue weighted by molar-refractivity contribution is 9.10. The van der Waals surface area contributed by atoms with Crippen LogP contribution in [0.15, 0.2) is 63.6 Å². The van der Waals surface area contributed by atoms with Crippen LogP contribution in [0.5, 0.6) is 0 Å². The Morgan fingerprint density at radius 3 is 2.71 bits per heavy atom. The molecule has 2 aromatic rings. The van der Waals surface area contributed by atoms with Crippen molar-refractivity contribution >= 4 is 45.5 Å². The SMILES string of the molecule is COC(=O)[C@@H]1C(=O)NC(SCC(=O)N2CCc3ccccc3C2)=C(C#N)[C@H]1c1cccc(Br)c1. The summed E-state index contributed by atoms with van der Waals surface area (Å²) in [7, 11) is 1.21. The molecule has 4 rings (SSSR count). The summed E-state index contributed by atoms with van der Waals surface area (Å²) in [5.41, 5.74) is 3.24. The van der Waals surface area contributed by atoms with Crippen molar-refractivity contribution < 1.29 is 19.1 Å². The molecule has 0 saturated heterocycles. The Hall–Kier alpha value is -3.09. The predicted molar refractivity (Wildman–Crippen MR) is 131 cm³/mol. The lowest BCUT2D eigenvalue weighted by Gasteiger charge is -2.32. The molecule has 2 aliphatic heterocycles. The van der Waals surface area contributed by atoms with Crippen LogP contribution in [0.3, 0.4) is 0 Å². The number of nitriles is 1. The van der Waals surface area contributed by atoms with Crippen molar-refractivity contribution in [2.75, 3.05) is 19.4 Å². The summed E-state index contributed by atoms with van der Waals surface area (Å²) in [5, 5.41) is 13.0. The van der Waals surface area contributed by atoms with E-state index in [-0.39, 0.29) is 17.2 Å². The molecule has 0 radical (unpaired) electrons. The molecule has 2 heterocycles. The molecular weight excluding hydrogens is 518 g/mol. The first-order chi connectivity index (χ1) is 16.4. The number of ether oxygens (including phenoxy) is 1. The van der Waals surface area contributed by atoms with Gasteiger partial charge in [0.2, 0.25) is 11.8 Å². The van der Waals surface area contributed by atoms with Crippen LogP contribution in [0.2, 0.25) is 0 Å². The molecule has 0 aromatic heterocycles. The Balaban J connectivity index is 1.59. The van der Waals surface area contributed by atoms with E-state index < -0.39 is 23.7 Å². The standard InChI is InChI=1S/C25H22BrN3O4S/c1-33-25(32)22-21(16-7-4-8-18(26)11-16)19(12-27)24(28-23(22)31)34-14-20(30)29-10-9-15-5-2-3-6-17(15)13-29/h2-8,11,21-22H,9-10,13-14H2,1H3,(H,28,31)/t21-,22+/m1/s1. The van der Waals surface area contributed by atoms with Gasteiger partial charge in [-0.15, -0.1) is 0 Å². The van der Waals surface area contributed by atoms with E-state index in [2.05, 4.69) is 33.4 Å². The van der Waals surface area contributed by atoms with Gasteiger partial charge in [-0.1, -0.05) is 64.1 Å². The number of carbonyl (C=O) groups excluding carboxylic acids is 3. The molecular formula is C25H22BrN3O4S. The Labute approximate surface area is 210 Å². The average Bonchev–Trinajstić information content (AvgIpc) is 2.86. The second-order valence-corrected chi connectivity index (χ2v) is 9.90. The van der Waals surface area contributed by atoms with E-state index in [9.17, 15) is 19.6 Å². The third-order valence-electron chi connectivity index (χ3n) is 6.01. The molecule has 9 heteroatoms. The van der Waals surface area contributed by atoms with Crippen LogP contribution in [0.4, 0.5) is 0 Å². The Morgan fingerprint density at radius 1 is 1.24 bits per heavy atom. The predicted octanol–water partition coefficient (Wildman–Crippen LogP) is 3.50. The van der Waals surface area contributed by atoms with Crippen LogP contribution >= 0.6 is 27.7 Å². The monoisotopic (exact) mass is 539 g/mol. The average molecular weight is 540 g/mol. The minimum absolute atomic E-state index is 0.0665. The van der Waals surface area contributed by atoms with Crippen molar-refractivity contribution in [3.8, 4) is 6.07 Å². The molecule has 2 amide bonds. The molecule has 1 N–H and O–H groups in total. The zero-order chi connectivity index (χ0) is 24.2. The molecule has 174 valence electrons. The fourth-order valence-corrected chi connectivity index (χ4v) is 5.68. The summed E-state index contributed by atoms with van der Waals surface area (Å²) < 4.78 is 5.62. The van der Waals surface area contributed by atoms with E-state index in [4.69, 9.17) is 4.74 Å². The molecule has 0 bridgehead atoms. The Kier molecular flexibility index (Phi) is 7.39. The molecule has 2 atom stereocenters. The highest BCUT2D eigenvalue weighted by Gasteiger charge is 2.44. The second-order valence-electron chi connectivity index (χ2n) is 8.00. The lowest BCUT2D eigenvalue weighted by atomic mass is 9.78. The lowest BCUT2D eigenvalue weighted by Crippen LogP contribution is -2.44. The van der Waals surface area contributed by atoms with E-state index >= 15 is 0 Å². The van der Waals surface area contributed by atoms with E-state index in [0.717, 1.165) is 28.2 Å². The fraction of sp³-hybridized carbons (Fsp3) is 0.280. The first kappa shape index (κ1) is 24.0.